The van der Waals surface area contributed by atoms with Gasteiger partial charge in [0.2, 0.25) is 5.91 Å². The average Bonchev–Trinajstić information content (AvgIpc) is 3.24. The highest BCUT2D eigenvalue weighted by Crippen LogP contribution is 2.24. The third-order valence-electron chi connectivity index (χ3n) is 6.82. The van der Waals surface area contributed by atoms with Gasteiger partial charge in [-0.3, -0.25) is 9.59 Å². The largest absolute Gasteiger partial charge is 0.451 e. The maximum absolute atomic E-state index is 13.4. The van der Waals surface area contributed by atoms with E-state index in [0.717, 1.165) is 10.9 Å². The van der Waals surface area contributed by atoms with Crippen molar-refractivity contribution in [3.05, 3.63) is 60.0 Å². The zero-order valence-corrected chi connectivity index (χ0v) is 23.4. The first-order valence-electron chi connectivity index (χ1n) is 13.1. The van der Waals surface area contributed by atoms with Crippen LogP contribution in [-0.2, 0) is 14.8 Å². The third-order valence-corrected chi connectivity index (χ3v) is 8.57. The number of benzene rings is 1. The molecule has 0 bridgehead atoms. The summed E-state index contributed by atoms with van der Waals surface area (Å²) in [5, 5.41) is 17.3. The molecule has 0 saturated carbocycles. The normalized spacial score (nSPS) is 21.4. The molecule has 4 rings (SSSR count). The summed E-state index contributed by atoms with van der Waals surface area (Å²) in [7, 11) is -3.91. The van der Waals surface area contributed by atoms with Gasteiger partial charge in [-0.1, -0.05) is 38.5 Å². The Balaban J connectivity index is 1.47. The Labute approximate surface area is 228 Å². The van der Waals surface area contributed by atoms with Crippen LogP contribution in [0.25, 0.3) is 11.0 Å². The Bertz CT molecular complexity index is 1420. The molecule has 3 heterocycles. The van der Waals surface area contributed by atoms with Crippen molar-refractivity contribution >= 4 is 32.8 Å². The standard InChI is InChI=1S/C28H36N4O6S/c1-17(2)11-22(31-28(35)25-14-20-12-18(3)8-9-24(20)38-25)27(34)30-21-13-19(4)15-32(16-23(21)33)39(36,37)26-7-5-6-10-29-26/h5-10,12,14,17,19,21-23,33H,11,13,15-16H2,1-4H3,(H,30,34)(H,31,35)/t19-,21-,22-,23?/m0/s1. The van der Waals surface area contributed by atoms with E-state index in [-0.39, 0.29) is 35.7 Å². The summed E-state index contributed by atoms with van der Waals surface area (Å²) in [6, 6.07) is 10.3. The molecule has 1 aromatic carbocycles. The number of β-amino-alcohol motifs (C(OH)–C–C–N with tert-alkyl or cyclic N) is 1. The fraction of sp³-hybridized carbons (Fsp3) is 0.464. The van der Waals surface area contributed by atoms with Crippen LogP contribution in [-0.4, -0.2) is 65.9 Å². The van der Waals surface area contributed by atoms with Crippen molar-refractivity contribution in [3.8, 4) is 0 Å². The molecule has 1 unspecified atom stereocenters. The maximum atomic E-state index is 13.4. The van der Waals surface area contributed by atoms with E-state index in [0.29, 0.717) is 18.4 Å². The van der Waals surface area contributed by atoms with E-state index in [1.165, 1.54) is 16.6 Å². The van der Waals surface area contributed by atoms with Crippen LogP contribution in [0.15, 0.2) is 58.1 Å². The van der Waals surface area contributed by atoms with E-state index < -0.39 is 40.0 Å². The average molecular weight is 557 g/mol. The first-order chi connectivity index (χ1) is 18.4. The lowest BCUT2D eigenvalue weighted by molar-refractivity contribution is -0.125. The number of hydrogen-bond acceptors (Lipinski definition) is 7. The van der Waals surface area contributed by atoms with Crippen molar-refractivity contribution in [1.29, 1.82) is 0 Å². The molecule has 1 aliphatic heterocycles. The van der Waals surface area contributed by atoms with Crippen molar-refractivity contribution in [2.75, 3.05) is 13.1 Å². The van der Waals surface area contributed by atoms with Crippen LogP contribution in [0.5, 0.6) is 0 Å². The topological polar surface area (TPSA) is 142 Å². The van der Waals surface area contributed by atoms with E-state index in [1.54, 1.807) is 24.3 Å². The van der Waals surface area contributed by atoms with Crippen molar-refractivity contribution < 1.29 is 27.5 Å². The van der Waals surface area contributed by atoms with E-state index in [4.69, 9.17) is 4.42 Å². The van der Waals surface area contributed by atoms with Gasteiger partial charge in [0, 0.05) is 24.7 Å². The van der Waals surface area contributed by atoms with Gasteiger partial charge in [0.25, 0.3) is 15.9 Å². The van der Waals surface area contributed by atoms with Gasteiger partial charge >= 0.3 is 0 Å². The van der Waals surface area contributed by atoms with Gasteiger partial charge in [-0.15, -0.1) is 0 Å². The molecule has 10 nitrogen and oxygen atoms in total. The summed E-state index contributed by atoms with van der Waals surface area (Å²) in [5.74, 6) is -0.900. The van der Waals surface area contributed by atoms with Gasteiger partial charge in [0.1, 0.15) is 11.6 Å². The van der Waals surface area contributed by atoms with E-state index in [1.807, 2.05) is 39.8 Å². The van der Waals surface area contributed by atoms with Crippen LogP contribution in [0.1, 0.15) is 49.7 Å². The summed E-state index contributed by atoms with van der Waals surface area (Å²) >= 11 is 0. The molecule has 210 valence electrons. The molecular weight excluding hydrogens is 520 g/mol. The number of aliphatic hydroxyl groups is 1. The molecule has 0 spiro atoms. The van der Waals surface area contributed by atoms with E-state index >= 15 is 0 Å². The molecule has 1 saturated heterocycles. The number of aromatic nitrogens is 1. The number of rotatable bonds is 8. The number of carbonyl (C=O) groups excluding carboxylic acids is 2. The van der Waals surface area contributed by atoms with Crippen LogP contribution in [0.3, 0.4) is 0 Å². The highest BCUT2D eigenvalue weighted by Gasteiger charge is 2.37. The van der Waals surface area contributed by atoms with Gasteiger partial charge in [-0.25, -0.2) is 13.4 Å². The summed E-state index contributed by atoms with van der Waals surface area (Å²) in [6.45, 7) is 7.70. The predicted molar refractivity (Wildman–Crippen MR) is 146 cm³/mol. The van der Waals surface area contributed by atoms with Crippen molar-refractivity contribution in [2.24, 2.45) is 11.8 Å². The maximum Gasteiger partial charge on any atom is 0.287 e. The molecule has 1 fully saturated rings. The van der Waals surface area contributed by atoms with Crippen molar-refractivity contribution in [1.82, 2.24) is 19.9 Å². The smallest absolute Gasteiger partial charge is 0.287 e. The minimum absolute atomic E-state index is 0.0904. The molecule has 0 radical (unpaired) electrons. The van der Waals surface area contributed by atoms with Gasteiger partial charge < -0.3 is 20.2 Å². The SMILES string of the molecule is Cc1ccc2oc(C(=O)N[C@@H](CC(C)C)C(=O)N[C@H]3C[C@H](C)CN(S(=O)(=O)c4ccccn4)CC3O)cc2c1. The fourth-order valence-electron chi connectivity index (χ4n) is 4.90. The minimum Gasteiger partial charge on any atom is -0.451 e. The lowest BCUT2D eigenvalue weighted by atomic mass is 9.98. The zero-order chi connectivity index (χ0) is 28.3. The van der Waals surface area contributed by atoms with Crippen molar-refractivity contribution in [3.63, 3.8) is 0 Å². The second-order valence-electron chi connectivity index (χ2n) is 10.8. The number of sulfonamides is 1. The number of nitrogens with zero attached hydrogens (tertiary/aromatic N) is 2. The van der Waals surface area contributed by atoms with Gasteiger partial charge in [-0.05, 0) is 61.9 Å². The van der Waals surface area contributed by atoms with Gasteiger partial charge in [0.15, 0.2) is 10.8 Å². The first kappa shape index (κ1) is 28.7. The van der Waals surface area contributed by atoms with E-state index in [2.05, 4.69) is 15.6 Å². The second kappa shape index (κ2) is 11.8. The number of furan rings is 1. The van der Waals surface area contributed by atoms with Crippen LogP contribution in [0.4, 0.5) is 0 Å². The molecule has 0 aliphatic carbocycles. The highest BCUT2D eigenvalue weighted by atomic mass is 32.2. The van der Waals surface area contributed by atoms with Crippen molar-refractivity contribution in [2.45, 2.75) is 63.8 Å². The lowest BCUT2D eigenvalue weighted by Gasteiger charge is -2.27. The molecule has 2 aromatic heterocycles. The Morgan fingerprint density at radius 1 is 1.18 bits per heavy atom. The van der Waals surface area contributed by atoms with E-state index in [9.17, 15) is 23.1 Å². The summed E-state index contributed by atoms with van der Waals surface area (Å²) < 4.78 is 33.2. The molecule has 39 heavy (non-hydrogen) atoms. The Morgan fingerprint density at radius 2 is 1.95 bits per heavy atom. The minimum atomic E-state index is -3.91. The highest BCUT2D eigenvalue weighted by molar-refractivity contribution is 7.89. The number of aliphatic hydroxyl groups excluding tert-OH is 1. The summed E-state index contributed by atoms with van der Waals surface area (Å²) in [4.78, 5) is 30.4. The Hall–Kier alpha value is -3.28. The van der Waals surface area contributed by atoms with Crippen LogP contribution in [0.2, 0.25) is 0 Å². The monoisotopic (exact) mass is 556 g/mol. The first-order valence-corrected chi connectivity index (χ1v) is 14.6. The number of pyridine rings is 1. The number of amides is 2. The number of fused-ring (bicyclic) bond motifs is 1. The second-order valence-corrected chi connectivity index (χ2v) is 12.7. The van der Waals surface area contributed by atoms with Crippen LogP contribution in [0, 0.1) is 18.8 Å². The molecular formula is C28H36N4O6S. The molecule has 1 aliphatic rings. The van der Waals surface area contributed by atoms with Gasteiger partial charge in [-0.2, -0.15) is 4.31 Å². The third kappa shape index (κ3) is 6.84. The molecule has 3 aromatic rings. The predicted octanol–water partition coefficient (Wildman–Crippen LogP) is 2.86. The zero-order valence-electron chi connectivity index (χ0n) is 22.6. The number of aryl methyl sites for hydroxylation is 1. The molecule has 3 N–H and O–H groups in total. The quantitative estimate of drug-likeness (QED) is 0.387. The fourth-order valence-corrected chi connectivity index (χ4v) is 6.41. The summed E-state index contributed by atoms with van der Waals surface area (Å²) in [6.07, 6.45) is 0.997. The Kier molecular flexibility index (Phi) is 8.73. The van der Waals surface area contributed by atoms with Crippen LogP contribution < -0.4 is 10.6 Å². The van der Waals surface area contributed by atoms with Gasteiger partial charge in [0.05, 0.1) is 12.1 Å². The number of hydrogen-bond donors (Lipinski definition) is 3. The Morgan fingerprint density at radius 3 is 2.64 bits per heavy atom. The lowest BCUT2D eigenvalue weighted by Crippen LogP contribution is -2.54. The number of carbonyl (C=O) groups is 2. The molecule has 11 heteroatoms. The number of nitrogens with one attached hydrogen (secondary N) is 2. The molecule has 2 amide bonds. The summed E-state index contributed by atoms with van der Waals surface area (Å²) in [5.41, 5.74) is 1.62. The van der Waals surface area contributed by atoms with Crippen LogP contribution >= 0.6 is 0 Å². The molecule has 4 atom stereocenters.